The number of hydrogen-bond donors (Lipinski definition) is 3. The van der Waals surface area contributed by atoms with Crippen molar-refractivity contribution in [3.05, 3.63) is 11.6 Å². The highest BCUT2D eigenvalue weighted by atomic mass is 32.1. The Morgan fingerprint density at radius 1 is 1.50 bits per heavy atom. The van der Waals surface area contributed by atoms with Crippen LogP contribution >= 0.6 is 11.3 Å². The van der Waals surface area contributed by atoms with Gasteiger partial charge in [-0.05, 0) is 5.92 Å². The fourth-order valence-electron chi connectivity index (χ4n) is 1.07. The Labute approximate surface area is 96.7 Å². The fraction of sp³-hybridized carbons (Fsp3) is 0.444. The molecule has 3 N–H and O–H groups in total. The minimum atomic E-state index is -1.05. The van der Waals surface area contributed by atoms with Crippen LogP contribution in [-0.2, 0) is 4.79 Å². The van der Waals surface area contributed by atoms with Gasteiger partial charge in [0.15, 0.2) is 5.13 Å². The van der Waals surface area contributed by atoms with E-state index in [-0.39, 0.29) is 5.92 Å². The molecule has 0 unspecified atom stereocenters. The van der Waals surface area contributed by atoms with Crippen molar-refractivity contribution in [2.24, 2.45) is 5.92 Å². The van der Waals surface area contributed by atoms with E-state index in [0.717, 1.165) is 0 Å². The van der Waals surface area contributed by atoms with Crippen molar-refractivity contribution in [2.45, 2.75) is 19.9 Å². The Balaban J connectivity index is 2.52. The van der Waals surface area contributed by atoms with Gasteiger partial charge in [0.05, 0.1) is 0 Å². The summed E-state index contributed by atoms with van der Waals surface area (Å²) in [4.78, 5) is 26.1. The second-order valence-electron chi connectivity index (χ2n) is 3.50. The highest BCUT2D eigenvalue weighted by Crippen LogP contribution is 2.10. The Hall–Kier alpha value is -1.63. The second kappa shape index (κ2) is 5.45. The summed E-state index contributed by atoms with van der Waals surface area (Å²) in [5, 5.41) is 15.8. The lowest BCUT2D eigenvalue weighted by Gasteiger charge is -2.17. The molecule has 1 aromatic rings. The predicted octanol–water partition coefficient (Wildman–Crippen LogP) is 1.37. The Morgan fingerprint density at radius 2 is 2.19 bits per heavy atom. The number of nitrogens with zero attached hydrogens (tertiary/aromatic N) is 1. The molecular formula is C9H13N3O3S. The number of anilines is 1. The van der Waals surface area contributed by atoms with Crippen LogP contribution in [0.1, 0.15) is 13.8 Å². The van der Waals surface area contributed by atoms with E-state index < -0.39 is 18.0 Å². The van der Waals surface area contributed by atoms with Crippen molar-refractivity contribution >= 4 is 28.5 Å². The van der Waals surface area contributed by atoms with Crippen molar-refractivity contribution in [3.8, 4) is 0 Å². The van der Waals surface area contributed by atoms with Crippen LogP contribution in [0.4, 0.5) is 9.93 Å². The van der Waals surface area contributed by atoms with E-state index in [1.54, 1.807) is 25.4 Å². The Kier molecular flexibility index (Phi) is 4.24. The van der Waals surface area contributed by atoms with Gasteiger partial charge in [0, 0.05) is 11.6 Å². The topological polar surface area (TPSA) is 91.3 Å². The van der Waals surface area contributed by atoms with Gasteiger partial charge in [-0.3, -0.25) is 5.32 Å². The third-order valence-electron chi connectivity index (χ3n) is 1.87. The monoisotopic (exact) mass is 243 g/mol. The van der Waals surface area contributed by atoms with Gasteiger partial charge < -0.3 is 10.4 Å². The molecule has 1 atom stereocenters. The molecule has 1 heterocycles. The molecule has 88 valence electrons. The zero-order chi connectivity index (χ0) is 12.1. The lowest BCUT2D eigenvalue weighted by Crippen LogP contribution is -2.46. The number of thiazole rings is 1. The lowest BCUT2D eigenvalue weighted by molar-refractivity contribution is -0.140. The fourth-order valence-corrected chi connectivity index (χ4v) is 1.60. The maximum absolute atomic E-state index is 11.4. The molecule has 0 aliphatic rings. The number of carboxylic acids is 1. The average molecular weight is 243 g/mol. The zero-order valence-corrected chi connectivity index (χ0v) is 9.75. The van der Waals surface area contributed by atoms with Crippen LogP contribution in [-0.4, -0.2) is 28.1 Å². The summed E-state index contributed by atoms with van der Waals surface area (Å²) >= 11 is 1.26. The van der Waals surface area contributed by atoms with E-state index in [1.807, 2.05) is 0 Å². The summed E-state index contributed by atoms with van der Waals surface area (Å²) in [5.41, 5.74) is 0. The molecule has 0 aliphatic heterocycles. The van der Waals surface area contributed by atoms with Crippen LogP contribution in [0.25, 0.3) is 0 Å². The van der Waals surface area contributed by atoms with Gasteiger partial charge in [-0.25, -0.2) is 14.6 Å². The first kappa shape index (κ1) is 12.4. The van der Waals surface area contributed by atoms with Crippen LogP contribution in [0.3, 0.4) is 0 Å². The highest BCUT2D eigenvalue weighted by Gasteiger charge is 2.23. The number of aliphatic carboxylic acids is 1. The van der Waals surface area contributed by atoms with E-state index in [9.17, 15) is 9.59 Å². The minimum Gasteiger partial charge on any atom is -0.480 e. The van der Waals surface area contributed by atoms with Crippen molar-refractivity contribution in [1.29, 1.82) is 0 Å². The quantitative estimate of drug-likeness (QED) is 0.744. The largest absolute Gasteiger partial charge is 0.480 e. The molecule has 2 amide bonds. The number of carboxylic acid groups (broad SMARTS) is 1. The van der Waals surface area contributed by atoms with E-state index in [2.05, 4.69) is 15.6 Å². The smallest absolute Gasteiger partial charge is 0.326 e. The van der Waals surface area contributed by atoms with Gasteiger partial charge in [-0.2, -0.15) is 0 Å². The maximum Gasteiger partial charge on any atom is 0.326 e. The van der Waals surface area contributed by atoms with Gasteiger partial charge in [-0.1, -0.05) is 13.8 Å². The van der Waals surface area contributed by atoms with Gasteiger partial charge in [0.2, 0.25) is 0 Å². The molecule has 0 aliphatic carbocycles. The van der Waals surface area contributed by atoms with Crippen LogP contribution in [0, 0.1) is 5.92 Å². The number of hydrogen-bond acceptors (Lipinski definition) is 4. The second-order valence-corrected chi connectivity index (χ2v) is 4.39. The molecule has 16 heavy (non-hydrogen) atoms. The molecule has 0 radical (unpaired) electrons. The van der Waals surface area contributed by atoms with Crippen LogP contribution < -0.4 is 10.6 Å². The van der Waals surface area contributed by atoms with Crippen LogP contribution in [0.2, 0.25) is 0 Å². The SMILES string of the molecule is CC(C)[C@H](NC(=O)Nc1nccs1)C(=O)O. The number of rotatable bonds is 4. The third-order valence-corrected chi connectivity index (χ3v) is 2.56. The van der Waals surface area contributed by atoms with Crippen molar-refractivity contribution in [2.75, 3.05) is 5.32 Å². The van der Waals surface area contributed by atoms with Gasteiger partial charge in [0.1, 0.15) is 6.04 Å². The number of aromatic nitrogens is 1. The molecule has 0 aromatic carbocycles. The van der Waals surface area contributed by atoms with Crippen molar-refractivity contribution in [1.82, 2.24) is 10.3 Å². The molecule has 0 bridgehead atoms. The molecule has 0 saturated carbocycles. The zero-order valence-electron chi connectivity index (χ0n) is 8.93. The summed E-state index contributed by atoms with van der Waals surface area (Å²) in [7, 11) is 0. The highest BCUT2D eigenvalue weighted by molar-refractivity contribution is 7.13. The van der Waals surface area contributed by atoms with Crippen LogP contribution in [0.5, 0.6) is 0 Å². The van der Waals surface area contributed by atoms with E-state index in [0.29, 0.717) is 5.13 Å². The summed E-state index contributed by atoms with van der Waals surface area (Å²) in [5.74, 6) is -1.23. The van der Waals surface area contributed by atoms with E-state index in [4.69, 9.17) is 5.11 Å². The maximum atomic E-state index is 11.4. The first-order valence-corrected chi connectivity index (χ1v) is 5.58. The molecular weight excluding hydrogens is 230 g/mol. The molecule has 6 nitrogen and oxygen atoms in total. The molecule has 0 spiro atoms. The van der Waals surface area contributed by atoms with Crippen LogP contribution in [0.15, 0.2) is 11.6 Å². The predicted molar refractivity (Wildman–Crippen MR) is 60.5 cm³/mol. The third kappa shape index (κ3) is 3.50. The number of urea groups is 1. The Morgan fingerprint density at radius 3 is 2.62 bits per heavy atom. The number of amides is 2. The first-order valence-electron chi connectivity index (χ1n) is 4.70. The van der Waals surface area contributed by atoms with Crippen molar-refractivity contribution < 1.29 is 14.7 Å². The van der Waals surface area contributed by atoms with Crippen molar-refractivity contribution in [3.63, 3.8) is 0 Å². The summed E-state index contributed by atoms with van der Waals surface area (Å²) in [6.07, 6.45) is 1.55. The molecule has 7 heteroatoms. The minimum absolute atomic E-state index is 0.181. The number of nitrogens with one attached hydrogen (secondary N) is 2. The molecule has 1 aromatic heterocycles. The standard InChI is InChI=1S/C9H13N3O3S/c1-5(2)6(7(13)14)11-8(15)12-9-10-3-4-16-9/h3-6H,1-2H3,(H,13,14)(H2,10,11,12,15)/t6-/m0/s1. The number of carbonyl (C=O) groups is 2. The normalized spacial score (nSPS) is 12.2. The summed E-state index contributed by atoms with van der Waals surface area (Å²) < 4.78 is 0. The number of carbonyl (C=O) groups excluding carboxylic acids is 1. The van der Waals surface area contributed by atoms with E-state index >= 15 is 0 Å². The van der Waals surface area contributed by atoms with E-state index in [1.165, 1.54) is 11.3 Å². The van der Waals surface area contributed by atoms with Gasteiger partial charge in [0.25, 0.3) is 0 Å². The summed E-state index contributed by atoms with van der Waals surface area (Å²) in [6.45, 7) is 3.45. The average Bonchev–Trinajstić information content (AvgIpc) is 2.65. The molecule has 0 saturated heterocycles. The van der Waals surface area contributed by atoms with Gasteiger partial charge in [-0.15, -0.1) is 11.3 Å². The Bertz CT molecular complexity index is 364. The van der Waals surface area contributed by atoms with Gasteiger partial charge >= 0.3 is 12.0 Å². The molecule has 1 rings (SSSR count). The summed E-state index contributed by atoms with van der Waals surface area (Å²) in [6, 6.07) is -1.46. The first-order chi connectivity index (χ1) is 7.50. The lowest BCUT2D eigenvalue weighted by atomic mass is 10.1. The molecule has 0 fully saturated rings.